The Balaban J connectivity index is 3.02. The molecule has 158 valence electrons. The molecule has 0 radical (unpaired) electrons. The van der Waals surface area contributed by atoms with Crippen LogP contribution in [0.3, 0.4) is 0 Å². The highest BCUT2D eigenvalue weighted by atomic mass is 16.5. The third-order valence-corrected chi connectivity index (χ3v) is 4.29. The van der Waals surface area contributed by atoms with E-state index in [4.69, 9.17) is 15.9 Å². The van der Waals surface area contributed by atoms with Gasteiger partial charge in [-0.3, -0.25) is 10.4 Å². The van der Waals surface area contributed by atoms with E-state index in [0.29, 0.717) is 23.4 Å². The molecule has 0 spiro atoms. The first-order valence-electron chi connectivity index (χ1n) is 9.78. The van der Waals surface area contributed by atoms with Gasteiger partial charge in [0.05, 0.1) is 0 Å². The second-order valence-electron chi connectivity index (χ2n) is 6.80. The van der Waals surface area contributed by atoms with Crippen LogP contribution >= 0.6 is 0 Å². The van der Waals surface area contributed by atoms with Crippen molar-refractivity contribution >= 4 is 17.9 Å². The molecular formula is C22H34N6O. The van der Waals surface area contributed by atoms with Gasteiger partial charge in [0.15, 0.2) is 0 Å². The molecule has 1 aliphatic rings. The Morgan fingerprint density at radius 3 is 2.59 bits per heavy atom. The first-order chi connectivity index (χ1) is 13.8. The number of rotatable bonds is 10. The number of ether oxygens (including phenoxy) is 1. The van der Waals surface area contributed by atoms with E-state index < -0.39 is 0 Å². The minimum atomic E-state index is 0.237. The lowest BCUT2D eigenvalue weighted by molar-refractivity contribution is 0.0806. The molecule has 1 heterocycles. The van der Waals surface area contributed by atoms with E-state index in [9.17, 15) is 0 Å². The monoisotopic (exact) mass is 398 g/mol. The summed E-state index contributed by atoms with van der Waals surface area (Å²) in [4.78, 5) is 8.38. The summed E-state index contributed by atoms with van der Waals surface area (Å²) in [5.41, 5.74) is 8.67. The molecule has 7 nitrogen and oxygen atoms in total. The average molecular weight is 399 g/mol. The Morgan fingerprint density at radius 1 is 1.28 bits per heavy atom. The maximum atomic E-state index is 8.19. The molecule has 7 heteroatoms. The maximum Gasteiger partial charge on any atom is 0.135 e. The molecule has 0 aromatic carbocycles. The number of allylic oxidation sites excluding steroid dienone is 3. The quantitative estimate of drug-likeness (QED) is 0.256. The summed E-state index contributed by atoms with van der Waals surface area (Å²) in [6.07, 6.45) is 11.1. The molecular weight excluding hydrogens is 364 g/mol. The Kier molecular flexibility index (Phi) is 11.0. The van der Waals surface area contributed by atoms with Gasteiger partial charge in [-0.1, -0.05) is 25.7 Å². The second kappa shape index (κ2) is 13.3. The van der Waals surface area contributed by atoms with Crippen molar-refractivity contribution in [2.75, 3.05) is 13.2 Å². The van der Waals surface area contributed by atoms with Gasteiger partial charge < -0.3 is 21.1 Å². The van der Waals surface area contributed by atoms with Crippen LogP contribution in [-0.4, -0.2) is 37.1 Å². The third kappa shape index (κ3) is 10.3. The highest BCUT2D eigenvalue weighted by molar-refractivity contribution is 6.00. The second-order valence-corrected chi connectivity index (χ2v) is 6.80. The third-order valence-electron chi connectivity index (χ3n) is 4.29. The van der Waals surface area contributed by atoms with Crippen LogP contribution in [0.25, 0.3) is 0 Å². The van der Waals surface area contributed by atoms with Crippen LogP contribution in [0.2, 0.25) is 0 Å². The molecule has 1 aliphatic heterocycles. The maximum absolute atomic E-state index is 8.19. The van der Waals surface area contributed by atoms with Gasteiger partial charge in [-0.15, -0.1) is 0 Å². The Hall–Kier alpha value is -2.93. The van der Waals surface area contributed by atoms with Gasteiger partial charge in [-0.2, -0.15) is 0 Å². The first kappa shape index (κ1) is 24.1. The van der Waals surface area contributed by atoms with E-state index in [0.717, 1.165) is 43.6 Å². The predicted molar refractivity (Wildman–Crippen MR) is 123 cm³/mol. The van der Waals surface area contributed by atoms with Crippen LogP contribution < -0.4 is 16.4 Å². The lowest BCUT2D eigenvalue weighted by Crippen LogP contribution is -2.34. The Bertz CT molecular complexity index is 736. The van der Waals surface area contributed by atoms with Gasteiger partial charge in [0.2, 0.25) is 0 Å². The Labute approximate surface area is 174 Å². The average Bonchev–Trinajstić information content (AvgIpc) is 2.68. The molecule has 0 aromatic heterocycles. The van der Waals surface area contributed by atoms with E-state index in [1.54, 1.807) is 24.4 Å². The number of nitrogens with one attached hydrogen (secondary N) is 3. The zero-order valence-corrected chi connectivity index (χ0v) is 17.8. The number of aliphatic imine (C=N–C) groups is 2. The molecule has 0 aliphatic carbocycles. The molecule has 0 unspecified atom stereocenters. The zero-order valence-electron chi connectivity index (χ0n) is 17.8. The summed E-state index contributed by atoms with van der Waals surface area (Å²) >= 11 is 0. The number of amidine groups is 2. The molecule has 1 saturated heterocycles. The summed E-state index contributed by atoms with van der Waals surface area (Å²) in [6.45, 7) is 15.0. The normalized spacial score (nSPS) is 17.3. The smallest absolute Gasteiger partial charge is 0.135 e. The van der Waals surface area contributed by atoms with Crippen LogP contribution in [0.4, 0.5) is 0 Å². The fourth-order valence-corrected chi connectivity index (χ4v) is 2.45. The fraction of sp³-hybridized carbons (Fsp3) is 0.409. The molecule has 29 heavy (non-hydrogen) atoms. The van der Waals surface area contributed by atoms with Crippen LogP contribution in [0.1, 0.15) is 40.0 Å². The van der Waals surface area contributed by atoms with E-state index in [1.807, 2.05) is 20.8 Å². The fourth-order valence-electron chi connectivity index (χ4n) is 2.45. The lowest BCUT2D eigenvalue weighted by Gasteiger charge is -2.24. The molecule has 5 N–H and O–H groups in total. The van der Waals surface area contributed by atoms with Gasteiger partial charge >= 0.3 is 0 Å². The largest absolute Gasteiger partial charge is 0.383 e. The van der Waals surface area contributed by atoms with Gasteiger partial charge in [-0.05, 0) is 50.8 Å². The van der Waals surface area contributed by atoms with Crippen molar-refractivity contribution in [3.8, 4) is 0 Å². The molecule has 1 fully saturated rings. The summed E-state index contributed by atoms with van der Waals surface area (Å²) in [7, 11) is 0. The van der Waals surface area contributed by atoms with Gasteiger partial charge in [0.1, 0.15) is 17.5 Å². The van der Waals surface area contributed by atoms with Crippen molar-refractivity contribution in [3.05, 3.63) is 60.3 Å². The summed E-state index contributed by atoms with van der Waals surface area (Å²) < 4.78 is 5.39. The van der Waals surface area contributed by atoms with Crippen LogP contribution in [0.15, 0.2) is 70.2 Å². The summed E-state index contributed by atoms with van der Waals surface area (Å²) in [5.74, 6) is 0.994. The molecule has 0 aromatic rings. The van der Waals surface area contributed by atoms with Crippen molar-refractivity contribution in [1.82, 2.24) is 10.6 Å². The number of nitrogens with two attached hydrogens (primary N) is 1. The van der Waals surface area contributed by atoms with Crippen molar-refractivity contribution < 1.29 is 4.74 Å². The van der Waals surface area contributed by atoms with E-state index in [-0.39, 0.29) is 5.84 Å². The lowest BCUT2D eigenvalue weighted by atomic mass is 10.1. The topological polar surface area (TPSA) is 108 Å². The molecule has 0 atom stereocenters. The van der Waals surface area contributed by atoms with Crippen LogP contribution in [0, 0.1) is 5.41 Å². The SMILES string of the molecule is C=C\N=C/C=C(C)/C(N)=N/C(=C\C(=C)NC1CCOCC1)NC(=N)/C=C(/C)CC. The van der Waals surface area contributed by atoms with Crippen molar-refractivity contribution in [3.63, 3.8) is 0 Å². The highest BCUT2D eigenvalue weighted by Crippen LogP contribution is 2.09. The molecule has 0 bridgehead atoms. The van der Waals surface area contributed by atoms with Crippen molar-refractivity contribution in [2.24, 2.45) is 15.7 Å². The van der Waals surface area contributed by atoms with E-state index in [1.165, 1.54) is 6.20 Å². The minimum absolute atomic E-state index is 0.237. The Morgan fingerprint density at radius 2 is 1.97 bits per heavy atom. The molecule has 0 saturated carbocycles. The highest BCUT2D eigenvalue weighted by Gasteiger charge is 2.13. The first-order valence-corrected chi connectivity index (χ1v) is 9.78. The van der Waals surface area contributed by atoms with Crippen molar-refractivity contribution in [2.45, 2.75) is 46.1 Å². The van der Waals surface area contributed by atoms with Gasteiger partial charge in [0.25, 0.3) is 0 Å². The predicted octanol–water partition coefficient (Wildman–Crippen LogP) is 3.55. The summed E-state index contributed by atoms with van der Waals surface area (Å²) in [6, 6.07) is 0.313. The standard InChI is InChI=1S/C22H34N6O/c1-6-16(3)14-20(23)27-21(28-22(24)17(4)8-11-25-7-2)15-18(5)26-19-9-12-29-13-10-19/h7-8,11,14-15,19,26H,2,5-6,9-10,12-13H2,1,3-4H3,(H2,23,27)(H2,24,28)/b16-14-,17-8+,21-15-,25-11-. The van der Waals surface area contributed by atoms with Crippen LogP contribution in [0.5, 0.6) is 0 Å². The number of nitrogens with zero attached hydrogens (tertiary/aromatic N) is 2. The zero-order chi connectivity index (χ0) is 21.6. The molecule has 0 amide bonds. The number of hydrogen-bond acceptors (Lipinski definition) is 5. The minimum Gasteiger partial charge on any atom is -0.383 e. The van der Waals surface area contributed by atoms with Gasteiger partial charge in [0, 0.05) is 43.4 Å². The van der Waals surface area contributed by atoms with Crippen LogP contribution in [-0.2, 0) is 4.74 Å². The van der Waals surface area contributed by atoms with Gasteiger partial charge in [-0.25, -0.2) is 4.99 Å². The summed E-state index contributed by atoms with van der Waals surface area (Å²) in [5, 5.41) is 14.6. The van der Waals surface area contributed by atoms with E-state index >= 15 is 0 Å². The van der Waals surface area contributed by atoms with E-state index in [2.05, 4.69) is 33.8 Å². The number of hydrogen-bond donors (Lipinski definition) is 4. The van der Waals surface area contributed by atoms with Crippen molar-refractivity contribution in [1.29, 1.82) is 5.41 Å². The molecule has 1 rings (SSSR count).